The molecule has 0 amide bonds. The van der Waals surface area contributed by atoms with Gasteiger partial charge < -0.3 is 15.7 Å². The summed E-state index contributed by atoms with van der Waals surface area (Å²) in [6, 6.07) is 1.49. The molecule has 0 bridgehead atoms. The van der Waals surface area contributed by atoms with Crippen molar-refractivity contribution >= 4 is 0 Å². The monoisotopic (exact) mass is 280 g/mol. The van der Waals surface area contributed by atoms with Crippen LogP contribution >= 0.6 is 0 Å². The smallest absolute Gasteiger partial charge is 0.0543 e. The molecule has 1 saturated heterocycles. The zero-order valence-electron chi connectivity index (χ0n) is 12.8. The van der Waals surface area contributed by atoms with Crippen molar-refractivity contribution in [2.45, 2.75) is 82.4 Å². The summed E-state index contributed by atoms with van der Waals surface area (Å²) in [7, 11) is 0. The molecule has 3 heteroatoms. The van der Waals surface area contributed by atoms with Gasteiger partial charge in [0.1, 0.15) is 0 Å². The van der Waals surface area contributed by atoms with Crippen LogP contribution in [-0.2, 0) is 0 Å². The Hall–Kier alpha value is -0.120. The van der Waals surface area contributed by atoms with Crippen LogP contribution < -0.4 is 10.6 Å². The van der Waals surface area contributed by atoms with Crippen molar-refractivity contribution in [3.8, 4) is 0 Å². The highest BCUT2D eigenvalue weighted by atomic mass is 16.3. The molecule has 2 saturated carbocycles. The third-order valence-electron chi connectivity index (χ3n) is 5.86. The Labute approximate surface area is 123 Å². The Morgan fingerprint density at radius 2 is 1.85 bits per heavy atom. The van der Waals surface area contributed by atoms with Gasteiger partial charge in [0.25, 0.3) is 0 Å². The summed E-state index contributed by atoms with van der Waals surface area (Å²) in [5.41, 5.74) is 0. The van der Waals surface area contributed by atoms with Crippen molar-refractivity contribution < 1.29 is 5.11 Å². The van der Waals surface area contributed by atoms with E-state index in [4.69, 9.17) is 0 Å². The topological polar surface area (TPSA) is 44.3 Å². The molecule has 3 fully saturated rings. The Bertz CT molecular complexity index is 291. The number of hydrogen-bond acceptors (Lipinski definition) is 3. The van der Waals surface area contributed by atoms with Gasteiger partial charge in [0.2, 0.25) is 0 Å². The molecular weight excluding hydrogens is 248 g/mol. The van der Waals surface area contributed by atoms with Crippen molar-refractivity contribution in [1.82, 2.24) is 10.6 Å². The fourth-order valence-corrected chi connectivity index (χ4v) is 4.74. The van der Waals surface area contributed by atoms with Crippen LogP contribution in [0.2, 0.25) is 0 Å². The van der Waals surface area contributed by atoms with Crippen molar-refractivity contribution in [2.75, 3.05) is 13.1 Å². The first-order valence-electron chi connectivity index (χ1n) is 8.98. The molecule has 1 heterocycles. The van der Waals surface area contributed by atoms with E-state index >= 15 is 0 Å². The fraction of sp³-hybridized carbons (Fsp3) is 1.00. The zero-order chi connectivity index (χ0) is 13.8. The van der Waals surface area contributed by atoms with Gasteiger partial charge in [-0.1, -0.05) is 19.3 Å². The van der Waals surface area contributed by atoms with Gasteiger partial charge in [-0.15, -0.1) is 0 Å². The average Bonchev–Trinajstić information content (AvgIpc) is 3.00. The largest absolute Gasteiger partial charge is 0.393 e. The average molecular weight is 280 g/mol. The van der Waals surface area contributed by atoms with Crippen LogP contribution in [0, 0.1) is 11.8 Å². The molecule has 3 nitrogen and oxygen atoms in total. The van der Waals surface area contributed by atoms with Gasteiger partial charge in [0, 0.05) is 12.1 Å². The number of aliphatic hydroxyl groups excluding tert-OH is 1. The second-order valence-electron chi connectivity index (χ2n) is 7.35. The Kier molecular flexibility index (Phi) is 5.36. The van der Waals surface area contributed by atoms with E-state index in [-0.39, 0.29) is 6.10 Å². The highest BCUT2D eigenvalue weighted by Crippen LogP contribution is 2.31. The standard InChI is InChI=1S/C17H32N2O/c20-14-6-3-5-13(11-14)12-19-17-8-2-1-7-15(17)16-9-4-10-18-16/h13-20H,1-12H2. The summed E-state index contributed by atoms with van der Waals surface area (Å²) in [5, 5.41) is 17.4. The van der Waals surface area contributed by atoms with Crippen LogP contribution in [0.3, 0.4) is 0 Å². The summed E-state index contributed by atoms with van der Waals surface area (Å²) in [6.07, 6.45) is 12.9. The molecule has 0 aromatic rings. The Balaban J connectivity index is 1.48. The quantitative estimate of drug-likeness (QED) is 0.741. The van der Waals surface area contributed by atoms with E-state index in [9.17, 15) is 5.11 Å². The second-order valence-corrected chi connectivity index (χ2v) is 7.35. The van der Waals surface area contributed by atoms with E-state index in [1.54, 1.807) is 0 Å². The van der Waals surface area contributed by atoms with Crippen molar-refractivity contribution in [3.63, 3.8) is 0 Å². The lowest BCUT2D eigenvalue weighted by atomic mass is 9.78. The highest BCUT2D eigenvalue weighted by Gasteiger charge is 2.33. The minimum atomic E-state index is -0.0331. The van der Waals surface area contributed by atoms with E-state index in [1.165, 1.54) is 57.9 Å². The van der Waals surface area contributed by atoms with Crippen LogP contribution in [0.4, 0.5) is 0 Å². The number of aliphatic hydroxyl groups is 1. The molecule has 3 N–H and O–H groups in total. The van der Waals surface area contributed by atoms with Gasteiger partial charge in [-0.2, -0.15) is 0 Å². The van der Waals surface area contributed by atoms with E-state index in [0.29, 0.717) is 5.92 Å². The molecule has 5 unspecified atom stereocenters. The fourth-order valence-electron chi connectivity index (χ4n) is 4.74. The second kappa shape index (κ2) is 7.24. The molecule has 3 rings (SSSR count). The molecule has 0 radical (unpaired) electrons. The van der Waals surface area contributed by atoms with Crippen LogP contribution in [0.25, 0.3) is 0 Å². The number of hydrogen-bond donors (Lipinski definition) is 3. The van der Waals surface area contributed by atoms with E-state index in [2.05, 4.69) is 10.6 Å². The predicted molar refractivity (Wildman–Crippen MR) is 82.7 cm³/mol. The van der Waals surface area contributed by atoms with E-state index < -0.39 is 0 Å². The van der Waals surface area contributed by atoms with E-state index in [0.717, 1.165) is 37.4 Å². The first-order chi connectivity index (χ1) is 9.83. The first-order valence-corrected chi connectivity index (χ1v) is 8.98. The molecule has 116 valence electrons. The van der Waals surface area contributed by atoms with Crippen LogP contribution in [0.5, 0.6) is 0 Å². The Morgan fingerprint density at radius 3 is 2.65 bits per heavy atom. The SMILES string of the molecule is OC1CCCC(CNC2CCCCC2C2CCCN2)C1. The van der Waals surface area contributed by atoms with Gasteiger partial charge in [-0.25, -0.2) is 0 Å². The molecule has 20 heavy (non-hydrogen) atoms. The summed E-state index contributed by atoms with van der Waals surface area (Å²) < 4.78 is 0. The van der Waals surface area contributed by atoms with Crippen molar-refractivity contribution in [2.24, 2.45) is 11.8 Å². The van der Waals surface area contributed by atoms with Gasteiger partial charge in [0.15, 0.2) is 0 Å². The van der Waals surface area contributed by atoms with Gasteiger partial charge in [0.05, 0.1) is 6.10 Å². The summed E-state index contributed by atoms with van der Waals surface area (Å²) in [5.74, 6) is 1.55. The molecule has 2 aliphatic carbocycles. The third-order valence-corrected chi connectivity index (χ3v) is 5.86. The molecule has 0 spiro atoms. The zero-order valence-corrected chi connectivity index (χ0v) is 12.8. The number of rotatable bonds is 4. The summed E-state index contributed by atoms with van der Waals surface area (Å²) in [6.45, 7) is 2.35. The Morgan fingerprint density at radius 1 is 0.950 bits per heavy atom. The summed E-state index contributed by atoms with van der Waals surface area (Å²) >= 11 is 0. The lowest BCUT2D eigenvalue weighted by molar-refractivity contribution is 0.0964. The van der Waals surface area contributed by atoms with Gasteiger partial charge >= 0.3 is 0 Å². The molecular formula is C17H32N2O. The van der Waals surface area contributed by atoms with Crippen molar-refractivity contribution in [3.05, 3.63) is 0 Å². The minimum absolute atomic E-state index is 0.0331. The van der Waals surface area contributed by atoms with E-state index in [1.807, 2.05) is 0 Å². The molecule has 0 aromatic heterocycles. The minimum Gasteiger partial charge on any atom is -0.393 e. The van der Waals surface area contributed by atoms with Crippen LogP contribution in [-0.4, -0.2) is 36.4 Å². The molecule has 0 aromatic carbocycles. The van der Waals surface area contributed by atoms with Gasteiger partial charge in [-0.05, 0) is 69.9 Å². The normalized spacial score (nSPS) is 42.8. The number of nitrogens with one attached hydrogen (secondary N) is 2. The third kappa shape index (κ3) is 3.75. The molecule has 3 aliphatic rings. The summed E-state index contributed by atoms with van der Waals surface area (Å²) in [4.78, 5) is 0. The maximum absolute atomic E-state index is 9.80. The lowest BCUT2D eigenvalue weighted by Gasteiger charge is -2.38. The first kappa shape index (κ1) is 14.8. The molecule has 5 atom stereocenters. The van der Waals surface area contributed by atoms with Crippen LogP contribution in [0.1, 0.15) is 64.2 Å². The maximum Gasteiger partial charge on any atom is 0.0543 e. The van der Waals surface area contributed by atoms with Crippen molar-refractivity contribution in [1.29, 1.82) is 0 Å². The molecule has 1 aliphatic heterocycles. The predicted octanol–water partition coefficient (Wildman–Crippen LogP) is 2.44. The lowest BCUT2D eigenvalue weighted by Crippen LogP contribution is -2.48. The maximum atomic E-state index is 9.80. The highest BCUT2D eigenvalue weighted by molar-refractivity contribution is 4.92. The van der Waals surface area contributed by atoms with Gasteiger partial charge in [-0.3, -0.25) is 0 Å². The van der Waals surface area contributed by atoms with Crippen LogP contribution in [0.15, 0.2) is 0 Å².